The Morgan fingerprint density at radius 2 is 1.73 bits per heavy atom. The van der Waals surface area contributed by atoms with Crippen LogP contribution in [0.1, 0.15) is 28.5 Å². The molecule has 0 saturated heterocycles. The molecule has 0 N–H and O–H groups in total. The normalized spacial score (nSPS) is 10.9. The number of aromatic nitrogens is 1. The maximum atomic E-state index is 11.7. The van der Waals surface area contributed by atoms with Gasteiger partial charge in [-0.15, -0.1) is 0 Å². The van der Waals surface area contributed by atoms with Crippen LogP contribution in [0.15, 0.2) is 48.5 Å². The first-order valence-corrected chi connectivity index (χ1v) is 7.47. The minimum atomic E-state index is -0.278. The average molecular weight is 293 g/mol. The molecule has 0 amide bonds. The van der Waals surface area contributed by atoms with Crippen molar-refractivity contribution < 1.29 is 9.53 Å². The summed E-state index contributed by atoms with van der Waals surface area (Å²) in [5, 5.41) is 1.26. The van der Waals surface area contributed by atoms with Gasteiger partial charge in [-0.1, -0.05) is 18.2 Å². The number of fused-ring (bicyclic) bond motifs is 1. The van der Waals surface area contributed by atoms with Gasteiger partial charge in [0, 0.05) is 16.8 Å². The van der Waals surface area contributed by atoms with E-state index in [9.17, 15) is 4.79 Å². The van der Waals surface area contributed by atoms with Crippen LogP contribution < -0.4 is 0 Å². The van der Waals surface area contributed by atoms with Crippen LogP contribution in [-0.2, 0) is 4.74 Å². The molecule has 0 aliphatic rings. The topological polar surface area (TPSA) is 31.2 Å². The number of carbonyl (C=O) groups is 1. The molecule has 3 heteroatoms. The predicted octanol–water partition coefficient (Wildman–Crippen LogP) is 4.42. The van der Waals surface area contributed by atoms with E-state index in [2.05, 4.69) is 36.6 Å². The Labute approximate surface area is 130 Å². The maximum absolute atomic E-state index is 11.7. The zero-order valence-electron chi connectivity index (χ0n) is 13.1. The van der Waals surface area contributed by atoms with Crippen molar-refractivity contribution in [3.63, 3.8) is 0 Å². The highest BCUT2D eigenvalue weighted by Gasteiger charge is 2.12. The van der Waals surface area contributed by atoms with Crippen LogP contribution in [0, 0.1) is 13.8 Å². The largest absolute Gasteiger partial charge is 0.462 e. The molecule has 1 aromatic heterocycles. The van der Waals surface area contributed by atoms with E-state index in [4.69, 9.17) is 4.74 Å². The first-order valence-electron chi connectivity index (χ1n) is 7.47. The van der Waals surface area contributed by atoms with Crippen molar-refractivity contribution in [3.05, 3.63) is 65.4 Å². The number of esters is 1. The third kappa shape index (κ3) is 2.29. The van der Waals surface area contributed by atoms with Crippen LogP contribution in [0.5, 0.6) is 0 Å². The Bertz CT molecular complexity index is 829. The molecule has 3 rings (SSSR count). The standard InChI is InChI=1S/C19H19NO2/c1-4-22-19(21)15-9-11-16(12-10-15)20-14(3)13(2)17-7-5-6-8-18(17)20/h5-12H,4H2,1-3H3. The fraction of sp³-hybridized carbons (Fsp3) is 0.211. The molecule has 0 spiro atoms. The summed E-state index contributed by atoms with van der Waals surface area (Å²) < 4.78 is 7.25. The van der Waals surface area contributed by atoms with Gasteiger partial charge in [-0.2, -0.15) is 0 Å². The highest BCUT2D eigenvalue weighted by Crippen LogP contribution is 2.28. The highest BCUT2D eigenvalue weighted by molar-refractivity contribution is 5.90. The third-order valence-electron chi connectivity index (χ3n) is 4.06. The average Bonchev–Trinajstić information content (AvgIpc) is 2.80. The van der Waals surface area contributed by atoms with Gasteiger partial charge in [0.15, 0.2) is 0 Å². The Morgan fingerprint density at radius 1 is 1.05 bits per heavy atom. The van der Waals surface area contributed by atoms with Gasteiger partial charge in [0.2, 0.25) is 0 Å². The van der Waals surface area contributed by atoms with Gasteiger partial charge in [-0.05, 0) is 56.7 Å². The van der Waals surface area contributed by atoms with Crippen molar-refractivity contribution in [2.24, 2.45) is 0 Å². The lowest BCUT2D eigenvalue weighted by Gasteiger charge is -2.09. The first-order chi connectivity index (χ1) is 10.6. The molecule has 1 heterocycles. The summed E-state index contributed by atoms with van der Waals surface area (Å²) in [5.41, 5.74) is 5.31. The number of nitrogens with zero attached hydrogens (tertiary/aromatic N) is 1. The van der Waals surface area contributed by atoms with Gasteiger partial charge in [0.05, 0.1) is 17.7 Å². The van der Waals surface area contributed by atoms with Crippen LogP contribution in [0.25, 0.3) is 16.6 Å². The quantitative estimate of drug-likeness (QED) is 0.669. The van der Waals surface area contributed by atoms with Crippen molar-refractivity contribution in [1.29, 1.82) is 0 Å². The van der Waals surface area contributed by atoms with Crippen molar-refractivity contribution >= 4 is 16.9 Å². The lowest BCUT2D eigenvalue weighted by molar-refractivity contribution is 0.0526. The van der Waals surface area contributed by atoms with E-state index >= 15 is 0 Å². The summed E-state index contributed by atoms with van der Waals surface area (Å²) >= 11 is 0. The summed E-state index contributed by atoms with van der Waals surface area (Å²) in [7, 11) is 0. The monoisotopic (exact) mass is 293 g/mol. The van der Waals surface area contributed by atoms with Crippen molar-refractivity contribution in [2.45, 2.75) is 20.8 Å². The molecule has 0 fully saturated rings. The summed E-state index contributed by atoms with van der Waals surface area (Å²) in [6, 6.07) is 15.9. The molecule has 0 atom stereocenters. The van der Waals surface area contributed by atoms with Crippen molar-refractivity contribution in [1.82, 2.24) is 4.57 Å². The Kier molecular flexibility index (Phi) is 3.72. The lowest BCUT2D eigenvalue weighted by atomic mass is 10.2. The molecule has 0 saturated carbocycles. The van der Waals surface area contributed by atoms with Gasteiger partial charge < -0.3 is 9.30 Å². The molecule has 0 unspecified atom stereocenters. The van der Waals surface area contributed by atoms with Crippen LogP contribution in [0.3, 0.4) is 0 Å². The predicted molar refractivity (Wildman–Crippen MR) is 88.7 cm³/mol. The number of carbonyl (C=O) groups excluding carboxylic acids is 1. The zero-order chi connectivity index (χ0) is 15.7. The molecule has 22 heavy (non-hydrogen) atoms. The lowest BCUT2D eigenvalue weighted by Crippen LogP contribution is -2.05. The van der Waals surface area contributed by atoms with Gasteiger partial charge >= 0.3 is 5.97 Å². The summed E-state index contributed by atoms with van der Waals surface area (Å²) in [6.45, 7) is 6.46. The van der Waals surface area contributed by atoms with Crippen LogP contribution in [0.2, 0.25) is 0 Å². The summed E-state index contributed by atoms with van der Waals surface area (Å²) in [6.07, 6.45) is 0. The van der Waals surface area contributed by atoms with E-state index in [1.54, 1.807) is 0 Å². The van der Waals surface area contributed by atoms with E-state index < -0.39 is 0 Å². The molecule has 2 aromatic carbocycles. The molecular weight excluding hydrogens is 274 g/mol. The Morgan fingerprint density at radius 3 is 2.41 bits per heavy atom. The molecule has 0 aliphatic heterocycles. The zero-order valence-corrected chi connectivity index (χ0v) is 13.1. The van der Waals surface area contributed by atoms with E-state index in [1.807, 2.05) is 37.3 Å². The third-order valence-corrected chi connectivity index (χ3v) is 4.06. The second kappa shape index (κ2) is 5.68. The number of ether oxygens (including phenoxy) is 1. The smallest absolute Gasteiger partial charge is 0.338 e. The molecule has 0 bridgehead atoms. The molecular formula is C19H19NO2. The number of para-hydroxylation sites is 1. The number of rotatable bonds is 3. The highest BCUT2D eigenvalue weighted by atomic mass is 16.5. The van der Waals surface area contributed by atoms with E-state index in [-0.39, 0.29) is 5.97 Å². The van der Waals surface area contributed by atoms with E-state index in [0.717, 1.165) is 5.69 Å². The minimum absolute atomic E-state index is 0.278. The minimum Gasteiger partial charge on any atom is -0.462 e. The van der Waals surface area contributed by atoms with E-state index in [1.165, 1.54) is 22.2 Å². The number of hydrogen-bond donors (Lipinski definition) is 0. The maximum Gasteiger partial charge on any atom is 0.338 e. The molecule has 0 radical (unpaired) electrons. The molecule has 3 nitrogen and oxygen atoms in total. The fourth-order valence-electron chi connectivity index (χ4n) is 2.82. The number of aryl methyl sites for hydroxylation is 1. The van der Waals surface area contributed by atoms with Crippen molar-refractivity contribution in [2.75, 3.05) is 6.61 Å². The van der Waals surface area contributed by atoms with Crippen molar-refractivity contribution in [3.8, 4) is 5.69 Å². The Balaban J connectivity index is 2.09. The Hall–Kier alpha value is -2.55. The van der Waals surface area contributed by atoms with Crippen LogP contribution in [-0.4, -0.2) is 17.1 Å². The number of benzene rings is 2. The van der Waals surface area contributed by atoms with Crippen LogP contribution >= 0.6 is 0 Å². The summed E-state index contributed by atoms with van der Waals surface area (Å²) in [4.78, 5) is 11.7. The molecule has 112 valence electrons. The van der Waals surface area contributed by atoms with Gasteiger partial charge in [0.1, 0.15) is 0 Å². The second-order valence-corrected chi connectivity index (χ2v) is 5.33. The SMILES string of the molecule is CCOC(=O)c1ccc(-n2c(C)c(C)c3ccccc32)cc1. The van der Waals surface area contributed by atoms with Gasteiger partial charge in [0.25, 0.3) is 0 Å². The summed E-state index contributed by atoms with van der Waals surface area (Å²) in [5.74, 6) is -0.278. The first kappa shape index (κ1) is 14.4. The second-order valence-electron chi connectivity index (χ2n) is 5.33. The fourth-order valence-corrected chi connectivity index (χ4v) is 2.82. The van der Waals surface area contributed by atoms with Crippen LogP contribution in [0.4, 0.5) is 0 Å². The molecule has 0 aliphatic carbocycles. The van der Waals surface area contributed by atoms with E-state index in [0.29, 0.717) is 12.2 Å². The molecule has 3 aromatic rings. The van der Waals surface area contributed by atoms with Gasteiger partial charge in [-0.25, -0.2) is 4.79 Å². The van der Waals surface area contributed by atoms with Gasteiger partial charge in [-0.3, -0.25) is 0 Å². The number of hydrogen-bond acceptors (Lipinski definition) is 2.